The number of rotatable bonds is 6. The zero-order valence-corrected chi connectivity index (χ0v) is 36.3. The second kappa shape index (κ2) is 13.8. The van der Waals surface area contributed by atoms with Crippen LogP contribution in [0.2, 0.25) is 0 Å². The van der Waals surface area contributed by atoms with Crippen LogP contribution in [0, 0.1) is 7.14 Å². The fourth-order valence-corrected chi connectivity index (χ4v) is 24.7. The van der Waals surface area contributed by atoms with Gasteiger partial charge in [0.25, 0.3) is 0 Å². The molecule has 0 amide bonds. The molecular weight excluding hydrogens is 908 g/mol. The van der Waals surface area contributed by atoms with Gasteiger partial charge in [-0.3, -0.25) is 0 Å². The molecule has 0 N–H and O–H groups in total. The van der Waals surface area contributed by atoms with E-state index in [1.165, 1.54) is 46.1 Å². The Balaban J connectivity index is 0.00000240. The van der Waals surface area contributed by atoms with Crippen molar-refractivity contribution in [3.05, 3.63) is 141 Å². The molecule has 4 aromatic carbocycles. The number of hydrogen-bond donors (Lipinski definition) is 0. The standard InChI is InChI=1S/C21H25.2C7H6I.C5H5.CH2.2ClH.Zr/c1-20(2,3)16-9-7-14-11-15-8-10-17(21(4,5)6)13-19(15)18(14)12-16;2*1-6-3-2-4-7(8)5-6;1-2-4-5-3-1;;;;/h7,9-10,12-13H,11H2,1-6H3;2*2-5H,1H2;1-3H,4H2;1H2;2*1H;. The Morgan fingerprint density at radius 3 is 1.76 bits per heavy atom. The molecule has 0 aliphatic heterocycles. The van der Waals surface area contributed by atoms with Crippen LogP contribution in [0.3, 0.4) is 0 Å². The van der Waals surface area contributed by atoms with Crippen LogP contribution in [0.25, 0.3) is 11.1 Å². The zero-order chi connectivity index (χ0) is 31.5. The van der Waals surface area contributed by atoms with Gasteiger partial charge in [-0.05, 0) is 0 Å². The van der Waals surface area contributed by atoms with Crippen molar-refractivity contribution < 1.29 is 18.3 Å². The Morgan fingerprint density at radius 1 is 0.696 bits per heavy atom. The molecule has 0 heterocycles. The van der Waals surface area contributed by atoms with Crippen molar-refractivity contribution in [2.24, 2.45) is 0 Å². The summed E-state index contributed by atoms with van der Waals surface area (Å²) >= 11 is 0.540. The van der Waals surface area contributed by atoms with E-state index >= 15 is 0 Å². The third-order valence-electron chi connectivity index (χ3n) is 10.1. The molecule has 2 aliphatic carbocycles. The summed E-state index contributed by atoms with van der Waals surface area (Å²) in [5.41, 5.74) is 11.7. The molecule has 0 fully saturated rings. The molecule has 0 saturated carbocycles. The summed E-state index contributed by atoms with van der Waals surface area (Å²) in [4.78, 5) is 0. The summed E-state index contributed by atoms with van der Waals surface area (Å²) in [7, 11) is 0. The monoisotopic (exact) mass is 952 g/mol. The van der Waals surface area contributed by atoms with E-state index in [9.17, 15) is 0 Å². The van der Waals surface area contributed by atoms with Crippen LogP contribution in [-0.4, -0.2) is 4.21 Å². The first kappa shape index (κ1) is 38.0. The van der Waals surface area contributed by atoms with E-state index in [0.717, 1.165) is 21.1 Å². The number of allylic oxidation sites excluding steroid dienone is 4. The summed E-state index contributed by atoms with van der Waals surface area (Å²) in [5.74, 6) is 0. The normalized spacial score (nSPS) is 14.2. The third-order valence-corrected chi connectivity index (χ3v) is 27.3. The maximum atomic E-state index is 5.72. The molecule has 0 nitrogen and oxygen atoms in total. The summed E-state index contributed by atoms with van der Waals surface area (Å²) < 4.78 is 13.6. The number of hydrogen-bond acceptors (Lipinski definition) is 0. The van der Waals surface area contributed by atoms with Gasteiger partial charge >= 0.3 is 296 Å². The Kier molecular flexibility index (Phi) is 11.4. The molecule has 2 aliphatic rings. The van der Waals surface area contributed by atoms with Gasteiger partial charge in [-0.25, -0.2) is 0 Å². The first-order valence-corrected chi connectivity index (χ1v) is 25.7. The van der Waals surface area contributed by atoms with Crippen LogP contribution in [-0.2, 0) is 43.8 Å². The number of fused-ring (bicyclic) bond motifs is 3. The summed E-state index contributed by atoms with van der Waals surface area (Å²) in [5, 5.41) is 0. The maximum absolute atomic E-state index is 5.72. The minimum absolute atomic E-state index is 0. The van der Waals surface area contributed by atoms with E-state index in [4.69, 9.17) is 4.21 Å². The van der Waals surface area contributed by atoms with Crippen LogP contribution in [0.4, 0.5) is 0 Å². The molecule has 0 radical (unpaired) electrons. The van der Waals surface area contributed by atoms with Gasteiger partial charge in [-0.1, -0.05) is 0 Å². The predicted octanol–water partition coefficient (Wildman–Crippen LogP) is 11.9. The number of benzene rings is 4. The van der Waals surface area contributed by atoms with E-state index in [2.05, 4.69) is 184 Å². The van der Waals surface area contributed by atoms with Crippen molar-refractivity contribution in [1.82, 2.24) is 0 Å². The second-order valence-corrected chi connectivity index (χ2v) is 32.1. The Labute approximate surface area is 317 Å². The summed E-state index contributed by atoms with van der Waals surface area (Å²) in [6, 6.07) is 30.9. The summed E-state index contributed by atoms with van der Waals surface area (Å²) in [6.45, 7) is 14.1. The molecule has 0 unspecified atom stereocenters. The second-order valence-electron chi connectivity index (χ2n) is 15.5. The van der Waals surface area contributed by atoms with E-state index in [1.54, 1.807) is 12.1 Å². The van der Waals surface area contributed by atoms with Crippen molar-refractivity contribution in [3.63, 3.8) is 0 Å². The van der Waals surface area contributed by atoms with Gasteiger partial charge in [0, 0.05) is 0 Å². The molecule has 0 atom stereocenters. The van der Waals surface area contributed by atoms with Gasteiger partial charge in [-0.15, -0.1) is 24.8 Å². The molecule has 46 heavy (non-hydrogen) atoms. The first-order valence-electron chi connectivity index (χ1n) is 15.9. The van der Waals surface area contributed by atoms with Crippen molar-refractivity contribution in [1.29, 1.82) is 0 Å². The van der Waals surface area contributed by atoms with Gasteiger partial charge in [0.2, 0.25) is 0 Å². The molecule has 0 spiro atoms. The van der Waals surface area contributed by atoms with Gasteiger partial charge in [0.1, 0.15) is 0 Å². The number of halogens is 4. The van der Waals surface area contributed by atoms with E-state index in [1.807, 2.05) is 0 Å². The Morgan fingerprint density at radius 2 is 1.26 bits per heavy atom. The fraction of sp³-hybridized carbons (Fsp3) is 0.293. The van der Waals surface area contributed by atoms with Gasteiger partial charge in [-0.2, -0.15) is 0 Å². The van der Waals surface area contributed by atoms with Crippen LogP contribution >= 0.6 is 70.0 Å². The van der Waals surface area contributed by atoms with Crippen molar-refractivity contribution >= 4 is 77.5 Å². The van der Waals surface area contributed by atoms with Crippen molar-refractivity contribution in [3.8, 4) is 11.1 Å². The average molecular weight is 955 g/mol. The molecule has 0 saturated heterocycles. The predicted molar refractivity (Wildman–Crippen MR) is 221 cm³/mol. The van der Waals surface area contributed by atoms with E-state index in [-0.39, 0.29) is 35.6 Å². The van der Waals surface area contributed by atoms with Crippen LogP contribution in [0.15, 0.2) is 100 Å². The average Bonchev–Trinajstić information content (AvgIpc) is 3.60. The Bertz CT molecular complexity index is 1870. The van der Waals surface area contributed by atoms with E-state index in [0.29, 0.717) is 0 Å². The third kappa shape index (κ3) is 7.21. The van der Waals surface area contributed by atoms with Crippen LogP contribution in [0.1, 0.15) is 81.3 Å². The van der Waals surface area contributed by atoms with Crippen molar-refractivity contribution in [2.75, 3.05) is 0 Å². The molecular formula is C41H46Cl2I2Zr. The van der Waals surface area contributed by atoms with Crippen molar-refractivity contribution in [2.45, 2.75) is 73.5 Å². The molecule has 6 rings (SSSR count). The van der Waals surface area contributed by atoms with E-state index < -0.39 is 18.3 Å². The quantitative estimate of drug-likeness (QED) is 0.149. The molecule has 242 valence electrons. The van der Waals surface area contributed by atoms with Gasteiger partial charge in [0.15, 0.2) is 0 Å². The SMILES string of the molecule is Cl.Cl.[CH2]=[Zr]([CH2]c1cccc(I)c1)([CH2]c1cccc(I)c1)([C]1=CC=CC1)[c]1cc(C(C)(C)C)cc2c1Cc1ccc(C(C)(C)C)cc1-2. The Hall–Kier alpha value is -0.847. The topological polar surface area (TPSA) is 0 Å². The van der Waals surface area contributed by atoms with Gasteiger partial charge in [0.05, 0.1) is 0 Å². The first-order chi connectivity index (χ1) is 20.6. The molecule has 5 heteroatoms. The molecule has 0 bridgehead atoms. The minimum atomic E-state index is -4.43. The zero-order valence-electron chi connectivity index (χ0n) is 27.8. The molecule has 0 aromatic heterocycles. The van der Waals surface area contributed by atoms with Crippen LogP contribution < -0.4 is 3.27 Å². The van der Waals surface area contributed by atoms with Gasteiger partial charge < -0.3 is 0 Å². The molecule has 4 aromatic rings. The van der Waals surface area contributed by atoms with Crippen LogP contribution in [0.5, 0.6) is 0 Å². The fourth-order valence-electron chi connectivity index (χ4n) is 7.62. The summed E-state index contributed by atoms with van der Waals surface area (Å²) in [6.07, 6.45) is 9.15.